The third-order valence-electron chi connectivity index (χ3n) is 11.8. The molecule has 358 valence electrons. The molecule has 2 aliphatic heterocycles. The van der Waals surface area contributed by atoms with Gasteiger partial charge >= 0.3 is 12.3 Å². The highest BCUT2D eigenvalue weighted by molar-refractivity contribution is 7.91. The first kappa shape index (κ1) is 49.4. The summed E-state index contributed by atoms with van der Waals surface area (Å²) in [5, 5.41) is 7.49. The number of ether oxygens (including phenoxy) is 4. The molecule has 0 radical (unpaired) electrons. The van der Waals surface area contributed by atoms with Gasteiger partial charge in [0.25, 0.3) is 5.91 Å². The molecule has 2 aliphatic carbocycles. The van der Waals surface area contributed by atoms with Crippen molar-refractivity contribution in [2.75, 3.05) is 57.3 Å². The van der Waals surface area contributed by atoms with E-state index < -0.39 is 97.6 Å². The zero-order chi connectivity index (χ0) is 47.5. The number of sulfonamides is 1. The van der Waals surface area contributed by atoms with Crippen LogP contribution in [0.15, 0.2) is 36.4 Å². The summed E-state index contributed by atoms with van der Waals surface area (Å²) in [6.45, 7) is 7.61. The first-order valence-corrected chi connectivity index (χ1v) is 22.9. The number of rotatable bonds is 19. The van der Waals surface area contributed by atoms with E-state index in [2.05, 4.69) is 20.7 Å². The topological polar surface area (TPSA) is 211 Å². The number of carbonyl (C=O) groups excluding carboxylic acids is 5. The van der Waals surface area contributed by atoms with E-state index in [4.69, 9.17) is 18.9 Å². The average Bonchev–Trinajstić information content (AvgIpc) is 4.12. The van der Waals surface area contributed by atoms with E-state index in [0.717, 1.165) is 22.1 Å². The van der Waals surface area contributed by atoms with Crippen LogP contribution in [0.25, 0.3) is 0 Å². The Hall–Kier alpha value is -5.06. The number of hydrogen-bond acceptors (Lipinski definition) is 12. The first-order valence-electron chi connectivity index (χ1n) is 21.4. The number of carbonyl (C=O) groups is 5. The molecule has 1 saturated heterocycles. The minimum atomic E-state index is -4.90. The van der Waals surface area contributed by atoms with Gasteiger partial charge in [0.15, 0.2) is 0 Å². The summed E-state index contributed by atoms with van der Waals surface area (Å²) in [7, 11) is -2.44. The van der Waals surface area contributed by atoms with Crippen LogP contribution in [0.2, 0.25) is 0 Å². The number of likely N-dealkylation sites (tertiary alicyclic amines) is 1. The fourth-order valence-corrected chi connectivity index (χ4v) is 9.39. The highest BCUT2D eigenvalue weighted by atomic mass is 32.2. The van der Waals surface area contributed by atoms with Gasteiger partial charge in [-0.3, -0.25) is 28.8 Å². The van der Waals surface area contributed by atoms with Crippen LogP contribution in [0.5, 0.6) is 0 Å². The number of halogens is 4. The molecule has 2 saturated carbocycles. The number of amides is 5. The Kier molecular flexibility index (Phi) is 15.0. The molecule has 22 heteroatoms. The van der Waals surface area contributed by atoms with Crippen LogP contribution in [0.3, 0.4) is 0 Å². The molecule has 5 atom stereocenters. The summed E-state index contributed by atoms with van der Waals surface area (Å²) in [6, 6.07) is 4.15. The van der Waals surface area contributed by atoms with Gasteiger partial charge < -0.3 is 39.8 Å². The molecule has 0 spiro atoms. The minimum Gasteiger partial charge on any atom is -0.444 e. The maximum absolute atomic E-state index is 14.7. The highest BCUT2D eigenvalue weighted by Crippen LogP contribution is 2.47. The largest absolute Gasteiger partial charge is 0.444 e. The van der Waals surface area contributed by atoms with Gasteiger partial charge in [-0.05, 0) is 72.1 Å². The lowest BCUT2D eigenvalue weighted by Gasteiger charge is -2.36. The van der Waals surface area contributed by atoms with Crippen LogP contribution < -0.4 is 20.7 Å². The normalized spacial score (nSPS) is 22.2. The molecule has 4 aliphatic rings. The van der Waals surface area contributed by atoms with Gasteiger partial charge in [-0.15, -0.1) is 0 Å². The molecule has 0 unspecified atom stereocenters. The van der Waals surface area contributed by atoms with Gasteiger partial charge in [-0.25, -0.2) is 17.6 Å². The summed E-state index contributed by atoms with van der Waals surface area (Å²) in [6.07, 6.45) is -5.75. The molecular formula is C43H56F4N6O11S. The third kappa shape index (κ3) is 12.2. The van der Waals surface area contributed by atoms with Gasteiger partial charge in [-0.1, -0.05) is 40.2 Å². The highest BCUT2D eigenvalue weighted by Gasteiger charge is 2.62. The molecule has 2 aromatic rings. The van der Waals surface area contributed by atoms with Gasteiger partial charge in [0.2, 0.25) is 27.7 Å². The second-order valence-electron chi connectivity index (χ2n) is 17.9. The molecule has 2 heterocycles. The third-order valence-corrected chi connectivity index (χ3v) is 13.6. The van der Waals surface area contributed by atoms with Gasteiger partial charge in [-0.2, -0.15) is 13.2 Å². The van der Waals surface area contributed by atoms with Crippen molar-refractivity contribution in [3.63, 3.8) is 0 Å². The fraction of sp³-hybridized carbons (Fsp3) is 0.605. The second-order valence-corrected chi connectivity index (χ2v) is 19.9. The van der Waals surface area contributed by atoms with Gasteiger partial charge in [0, 0.05) is 38.0 Å². The van der Waals surface area contributed by atoms with Crippen molar-refractivity contribution < 1.29 is 68.9 Å². The first-order chi connectivity index (χ1) is 30.5. The van der Waals surface area contributed by atoms with Crippen molar-refractivity contribution in [2.45, 2.75) is 108 Å². The molecule has 5 amide bonds. The maximum atomic E-state index is 14.7. The monoisotopic (exact) mass is 940 g/mol. The maximum Gasteiger partial charge on any atom is 0.416 e. The van der Waals surface area contributed by atoms with Crippen molar-refractivity contribution in [1.29, 1.82) is 0 Å². The molecule has 4 N–H and O–H groups in total. The smallest absolute Gasteiger partial charge is 0.416 e. The van der Waals surface area contributed by atoms with E-state index in [1.165, 1.54) is 4.90 Å². The Morgan fingerprint density at radius 1 is 0.923 bits per heavy atom. The van der Waals surface area contributed by atoms with E-state index in [0.29, 0.717) is 50.3 Å². The zero-order valence-electron chi connectivity index (χ0n) is 36.8. The molecule has 0 bridgehead atoms. The standard InChI is InChI=1S/C43H56F4N6O11S/c1-6-27-20-42(27,39(57)51-65(59,60)33-9-10-33)50-37(55)34-19-32(23-53(34)38(56)36(41(2,3)4)49-31-17-28(43(45,46)47)16-29(44)18-31)64-40(58)52-21-25-7-8-30(15-26(25)22-52)48-35(54)24-63-14-13-62-12-11-61-5/h7-8,15-18,27,32-34,36,49H,6,9-14,19-24H2,1-5H3,(H,48,54)(H,50,55)(H,51,57)/t27-,32-,34+,36-,42-/m1/s1. The predicted molar refractivity (Wildman–Crippen MR) is 226 cm³/mol. The van der Waals surface area contributed by atoms with Crippen LogP contribution >= 0.6 is 0 Å². The van der Waals surface area contributed by atoms with Crippen molar-refractivity contribution >= 4 is 51.1 Å². The Morgan fingerprint density at radius 2 is 1.62 bits per heavy atom. The van der Waals surface area contributed by atoms with Crippen molar-refractivity contribution in [3.05, 3.63) is 58.9 Å². The van der Waals surface area contributed by atoms with E-state index >= 15 is 0 Å². The molecular weight excluding hydrogens is 885 g/mol. The molecule has 17 nitrogen and oxygen atoms in total. The van der Waals surface area contributed by atoms with Crippen LogP contribution in [0.4, 0.5) is 33.7 Å². The number of anilines is 2. The number of hydrogen-bond donors (Lipinski definition) is 4. The van der Waals surface area contributed by atoms with Crippen molar-refractivity contribution in [2.24, 2.45) is 11.3 Å². The second kappa shape index (κ2) is 19.8. The Labute approximate surface area is 374 Å². The van der Waals surface area contributed by atoms with E-state index in [1.54, 1.807) is 53.0 Å². The minimum absolute atomic E-state index is 0.0931. The Bertz CT molecular complexity index is 2240. The number of alkyl halides is 3. The molecule has 0 aromatic heterocycles. The lowest BCUT2D eigenvalue weighted by molar-refractivity contribution is -0.141. The van der Waals surface area contributed by atoms with E-state index in [9.17, 15) is 50.0 Å². The van der Waals surface area contributed by atoms with E-state index in [1.807, 2.05) is 0 Å². The number of nitrogens with one attached hydrogen (secondary N) is 4. The van der Waals surface area contributed by atoms with Crippen LogP contribution in [0.1, 0.15) is 76.5 Å². The van der Waals surface area contributed by atoms with E-state index in [-0.39, 0.29) is 58.0 Å². The Balaban J connectivity index is 1.17. The summed E-state index contributed by atoms with van der Waals surface area (Å²) in [5.41, 5.74) is -2.36. The fourth-order valence-electron chi connectivity index (χ4n) is 8.03. The van der Waals surface area contributed by atoms with Crippen molar-refractivity contribution in [3.8, 4) is 0 Å². The Morgan fingerprint density at radius 3 is 2.26 bits per heavy atom. The summed E-state index contributed by atoms with van der Waals surface area (Å²) in [5.74, 6) is -4.59. The molecule has 2 aromatic carbocycles. The van der Waals surface area contributed by atoms with Crippen molar-refractivity contribution in [1.82, 2.24) is 19.8 Å². The predicted octanol–water partition coefficient (Wildman–Crippen LogP) is 4.30. The van der Waals surface area contributed by atoms with Crippen LogP contribution in [-0.4, -0.2) is 124 Å². The van der Waals surface area contributed by atoms with Gasteiger partial charge in [0.05, 0.1) is 43.8 Å². The quantitative estimate of drug-likeness (QED) is 0.115. The molecule has 3 fully saturated rings. The summed E-state index contributed by atoms with van der Waals surface area (Å²) < 4.78 is 105. The lowest BCUT2D eigenvalue weighted by atomic mass is 9.85. The number of benzene rings is 2. The zero-order valence-corrected chi connectivity index (χ0v) is 37.7. The van der Waals surface area contributed by atoms with Crippen LogP contribution in [-0.2, 0) is 67.4 Å². The van der Waals surface area contributed by atoms with Gasteiger partial charge in [0.1, 0.15) is 36.2 Å². The number of fused-ring (bicyclic) bond motifs is 1. The number of methoxy groups -OCH3 is 1. The summed E-state index contributed by atoms with van der Waals surface area (Å²) in [4.78, 5) is 71.3. The average molecular weight is 941 g/mol. The molecule has 6 rings (SSSR count). The number of nitrogens with zero attached hydrogens (tertiary/aromatic N) is 2. The summed E-state index contributed by atoms with van der Waals surface area (Å²) >= 11 is 0. The SMILES string of the molecule is CC[C@@H]1C[C@]1(NC(=O)[C@@H]1C[C@@H](OC(=O)N2Cc3ccc(NC(=O)COCCOCCOC)cc3C2)CN1C(=O)[C@@H](Nc1cc(F)cc(C(F)(F)F)c1)C(C)(C)C)C(=O)NS(=O)(=O)C1CC1. The lowest BCUT2D eigenvalue weighted by Crippen LogP contribution is -2.58. The molecule has 65 heavy (non-hydrogen) atoms. The van der Waals surface area contributed by atoms with Crippen LogP contribution in [0, 0.1) is 17.2 Å².